The average Bonchev–Trinajstić information content (AvgIpc) is 2.26. The molecular formula is C12H14F3NO3S. The number of benzene rings is 1. The Kier molecular flexibility index (Phi) is 5.15. The summed E-state index contributed by atoms with van der Waals surface area (Å²) in [5.74, 6) is -0.861. The largest absolute Gasteiger partial charge is 0.389 e. The molecule has 0 fully saturated rings. The van der Waals surface area contributed by atoms with Crippen LogP contribution in [0.15, 0.2) is 24.3 Å². The first kappa shape index (κ1) is 16.5. The molecule has 0 bridgehead atoms. The van der Waals surface area contributed by atoms with Gasteiger partial charge in [0.15, 0.2) is 5.78 Å². The fourth-order valence-electron chi connectivity index (χ4n) is 1.49. The minimum absolute atomic E-state index is 0.157. The molecule has 1 aromatic rings. The van der Waals surface area contributed by atoms with Gasteiger partial charge in [0, 0.05) is 17.7 Å². The molecule has 20 heavy (non-hydrogen) atoms. The molecule has 0 aliphatic heterocycles. The van der Waals surface area contributed by atoms with Crippen molar-refractivity contribution in [2.75, 3.05) is 10.5 Å². The third kappa shape index (κ3) is 6.05. The summed E-state index contributed by atoms with van der Waals surface area (Å²) < 4.78 is 61.2. The standard InChI is InChI=1S/C12H14F3NO3S/c1-9(17)10-4-2-5-11(8-10)16-20(18,19)7-3-6-12(13,14)15/h2,4-5,8,16H,3,6-7H2,1H3. The Balaban J connectivity index is 2.67. The molecule has 4 nitrogen and oxygen atoms in total. The van der Waals surface area contributed by atoms with Crippen molar-refractivity contribution < 1.29 is 26.4 Å². The Morgan fingerprint density at radius 3 is 2.50 bits per heavy atom. The molecule has 1 rings (SSSR count). The van der Waals surface area contributed by atoms with Crippen LogP contribution in [0.1, 0.15) is 30.1 Å². The molecule has 0 saturated carbocycles. The van der Waals surface area contributed by atoms with Crippen LogP contribution in [0.5, 0.6) is 0 Å². The number of anilines is 1. The first-order chi connectivity index (χ1) is 9.09. The van der Waals surface area contributed by atoms with Crippen molar-refractivity contribution in [2.45, 2.75) is 25.9 Å². The van der Waals surface area contributed by atoms with Crippen LogP contribution in [-0.4, -0.2) is 26.1 Å². The maximum Gasteiger partial charge on any atom is 0.389 e. The lowest BCUT2D eigenvalue weighted by atomic mass is 10.1. The minimum Gasteiger partial charge on any atom is -0.295 e. The fourth-order valence-corrected chi connectivity index (χ4v) is 2.61. The van der Waals surface area contributed by atoms with Crippen LogP contribution in [0.2, 0.25) is 0 Å². The lowest BCUT2D eigenvalue weighted by Crippen LogP contribution is -2.19. The normalized spacial score (nSPS) is 12.2. The van der Waals surface area contributed by atoms with Crippen molar-refractivity contribution >= 4 is 21.5 Å². The van der Waals surface area contributed by atoms with E-state index >= 15 is 0 Å². The number of carbonyl (C=O) groups is 1. The Labute approximate surface area is 115 Å². The smallest absolute Gasteiger partial charge is 0.295 e. The van der Waals surface area contributed by atoms with Crippen LogP contribution < -0.4 is 4.72 Å². The second-order valence-electron chi connectivity index (χ2n) is 4.28. The molecule has 0 unspecified atom stereocenters. The van der Waals surface area contributed by atoms with Crippen LogP contribution in [0.3, 0.4) is 0 Å². The van der Waals surface area contributed by atoms with Crippen molar-refractivity contribution in [3.63, 3.8) is 0 Å². The summed E-state index contributed by atoms with van der Waals surface area (Å²) in [4.78, 5) is 11.1. The number of hydrogen-bond donors (Lipinski definition) is 1. The maximum atomic E-state index is 11.9. The molecule has 0 atom stereocenters. The highest BCUT2D eigenvalue weighted by atomic mass is 32.2. The molecule has 0 spiro atoms. The highest BCUT2D eigenvalue weighted by molar-refractivity contribution is 7.92. The predicted molar refractivity (Wildman–Crippen MR) is 69.1 cm³/mol. The van der Waals surface area contributed by atoms with Crippen molar-refractivity contribution in [3.8, 4) is 0 Å². The third-order valence-corrected chi connectivity index (χ3v) is 3.79. The summed E-state index contributed by atoms with van der Waals surface area (Å²) in [5, 5.41) is 0. The van der Waals surface area contributed by atoms with E-state index in [-0.39, 0.29) is 11.5 Å². The highest BCUT2D eigenvalue weighted by Gasteiger charge is 2.27. The second-order valence-corrected chi connectivity index (χ2v) is 6.12. The van der Waals surface area contributed by atoms with Gasteiger partial charge in [-0.3, -0.25) is 9.52 Å². The predicted octanol–water partition coefficient (Wildman–Crippen LogP) is 2.97. The second kappa shape index (κ2) is 6.25. The van der Waals surface area contributed by atoms with E-state index in [0.29, 0.717) is 5.56 Å². The molecule has 1 aromatic carbocycles. The van der Waals surface area contributed by atoms with Gasteiger partial charge in [0.1, 0.15) is 0 Å². The zero-order valence-corrected chi connectivity index (χ0v) is 11.5. The summed E-state index contributed by atoms with van der Waals surface area (Å²) in [7, 11) is -3.86. The third-order valence-electron chi connectivity index (χ3n) is 2.42. The van der Waals surface area contributed by atoms with Gasteiger partial charge in [-0.1, -0.05) is 12.1 Å². The van der Waals surface area contributed by atoms with Gasteiger partial charge in [-0.2, -0.15) is 13.2 Å². The van der Waals surface area contributed by atoms with Gasteiger partial charge in [-0.25, -0.2) is 8.42 Å². The van der Waals surface area contributed by atoms with E-state index < -0.39 is 34.8 Å². The molecule has 0 aromatic heterocycles. The first-order valence-electron chi connectivity index (χ1n) is 5.77. The van der Waals surface area contributed by atoms with Crippen molar-refractivity contribution in [1.82, 2.24) is 0 Å². The number of nitrogens with one attached hydrogen (secondary N) is 1. The number of ketones is 1. The van der Waals surface area contributed by atoms with Gasteiger partial charge in [-0.05, 0) is 25.5 Å². The molecule has 0 aliphatic carbocycles. The van der Waals surface area contributed by atoms with E-state index in [1.54, 1.807) is 0 Å². The Bertz CT molecular complexity index is 582. The number of halogens is 3. The summed E-state index contributed by atoms with van der Waals surface area (Å²) in [6, 6.07) is 5.77. The van der Waals surface area contributed by atoms with Crippen LogP contribution >= 0.6 is 0 Å². The van der Waals surface area contributed by atoms with Crippen molar-refractivity contribution in [3.05, 3.63) is 29.8 Å². The number of carbonyl (C=O) groups excluding carboxylic acids is 1. The van der Waals surface area contributed by atoms with Gasteiger partial charge >= 0.3 is 6.18 Å². The number of sulfonamides is 1. The highest BCUT2D eigenvalue weighted by Crippen LogP contribution is 2.22. The minimum atomic E-state index is -4.37. The van der Waals surface area contributed by atoms with E-state index in [9.17, 15) is 26.4 Å². The number of alkyl halides is 3. The molecule has 1 N–H and O–H groups in total. The average molecular weight is 309 g/mol. The molecule has 8 heteroatoms. The van der Waals surface area contributed by atoms with E-state index in [0.717, 1.165) is 0 Å². The molecule has 0 heterocycles. The zero-order valence-electron chi connectivity index (χ0n) is 10.7. The van der Waals surface area contributed by atoms with E-state index in [4.69, 9.17) is 0 Å². The number of hydrogen-bond acceptors (Lipinski definition) is 3. The molecule has 0 amide bonds. The van der Waals surface area contributed by atoms with E-state index in [1.165, 1.54) is 31.2 Å². The van der Waals surface area contributed by atoms with E-state index in [1.807, 2.05) is 0 Å². The summed E-state index contributed by atoms with van der Waals surface area (Å²) >= 11 is 0. The van der Waals surface area contributed by atoms with Gasteiger partial charge in [-0.15, -0.1) is 0 Å². The van der Waals surface area contributed by atoms with Crippen molar-refractivity contribution in [2.24, 2.45) is 0 Å². The SMILES string of the molecule is CC(=O)c1cccc(NS(=O)(=O)CCCC(F)(F)F)c1. The van der Waals surface area contributed by atoms with Crippen molar-refractivity contribution in [1.29, 1.82) is 0 Å². The lowest BCUT2D eigenvalue weighted by molar-refractivity contribution is -0.134. The molecule has 0 saturated heterocycles. The number of Topliss-reactive ketones (excluding diaryl/α,β-unsaturated/α-hetero) is 1. The molecular weight excluding hydrogens is 295 g/mol. The Morgan fingerprint density at radius 2 is 1.95 bits per heavy atom. The van der Waals surface area contributed by atoms with Gasteiger partial charge in [0.2, 0.25) is 10.0 Å². The Morgan fingerprint density at radius 1 is 1.30 bits per heavy atom. The van der Waals surface area contributed by atoms with Gasteiger partial charge in [0.05, 0.1) is 5.75 Å². The maximum absolute atomic E-state index is 11.9. The van der Waals surface area contributed by atoms with Crippen LogP contribution in [0.4, 0.5) is 18.9 Å². The van der Waals surface area contributed by atoms with Crippen LogP contribution in [0, 0.1) is 0 Å². The quantitative estimate of drug-likeness (QED) is 0.822. The topological polar surface area (TPSA) is 63.2 Å². The van der Waals surface area contributed by atoms with Crippen LogP contribution in [-0.2, 0) is 10.0 Å². The molecule has 0 aliphatic rings. The van der Waals surface area contributed by atoms with Gasteiger partial charge in [0.25, 0.3) is 0 Å². The molecule has 112 valence electrons. The zero-order chi connectivity index (χ0) is 15.4. The molecule has 0 radical (unpaired) electrons. The lowest BCUT2D eigenvalue weighted by Gasteiger charge is -2.09. The first-order valence-corrected chi connectivity index (χ1v) is 7.42. The summed E-state index contributed by atoms with van der Waals surface area (Å²) in [6.45, 7) is 1.33. The van der Waals surface area contributed by atoms with Gasteiger partial charge < -0.3 is 0 Å². The fraction of sp³-hybridized carbons (Fsp3) is 0.417. The number of rotatable bonds is 6. The Hall–Kier alpha value is -1.57. The van der Waals surface area contributed by atoms with E-state index in [2.05, 4.69) is 4.72 Å². The monoisotopic (exact) mass is 309 g/mol. The summed E-state index contributed by atoms with van der Waals surface area (Å²) in [5.41, 5.74) is 0.477. The summed E-state index contributed by atoms with van der Waals surface area (Å²) in [6.07, 6.45) is -6.03. The van der Waals surface area contributed by atoms with Crippen LogP contribution in [0.25, 0.3) is 0 Å².